The minimum atomic E-state index is -0.317. The van der Waals surface area contributed by atoms with Gasteiger partial charge < -0.3 is 14.7 Å². The minimum absolute atomic E-state index is 0.0323. The molecule has 1 aromatic rings. The van der Waals surface area contributed by atoms with Crippen LogP contribution in [0.15, 0.2) is 24.3 Å². The van der Waals surface area contributed by atoms with Crippen molar-refractivity contribution in [3.8, 4) is 0 Å². The molecule has 108 valence electrons. The molecule has 2 aliphatic heterocycles. The van der Waals surface area contributed by atoms with Crippen LogP contribution in [0.2, 0.25) is 0 Å². The molecule has 0 saturated carbocycles. The number of hydrogen-bond acceptors (Lipinski definition) is 3. The number of aliphatic hydroxyl groups is 1. The van der Waals surface area contributed by atoms with Gasteiger partial charge in [0, 0.05) is 13.2 Å². The van der Waals surface area contributed by atoms with Gasteiger partial charge >= 0.3 is 0 Å². The number of amides is 1. The van der Waals surface area contributed by atoms with Crippen LogP contribution in [0.25, 0.3) is 0 Å². The molecule has 2 aliphatic rings. The van der Waals surface area contributed by atoms with E-state index in [0.717, 1.165) is 31.2 Å². The summed E-state index contributed by atoms with van der Waals surface area (Å²) in [5, 5.41) is 9.72. The van der Waals surface area contributed by atoms with E-state index in [9.17, 15) is 9.90 Å². The van der Waals surface area contributed by atoms with Crippen molar-refractivity contribution in [1.29, 1.82) is 0 Å². The van der Waals surface area contributed by atoms with Crippen molar-refractivity contribution in [2.24, 2.45) is 0 Å². The number of benzene rings is 1. The summed E-state index contributed by atoms with van der Waals surface area (Å²) < 4.78 is 5.60. The Labute approximate surface area is 119 Å². The van der Waals surface area contributed by atoms with E-state index >= 15 is 0 Å². The summed E-state index contributed by atoms with van der Waals surface area (Å²) in [5.74, 6) is 0.0400. The van der Waals surface area contributed by atoms with Crippen LogP contribution in [0.4, 0.5) is 0 Å². The van der Waals surface area contributed by atoms with Gasteiger partial charge in [0.15, 0.2) is 0 Å². The molecular formula is C16H21NO3. The summed E-state index contributed by atoms with van der Waals surface area (Å²) in [4.78, 5) is 14.4. The Kier molecular flexibility index (Phi) is 4.03. The highest BCUT2D eigenvalue weighted by atomic mass is 16.5. The first-order valence-electron chi connectivity index (χ1n) is 7.42. The van der Waals surface area contributed by atoms with Crippen LogP contribution in [0.5, 0.6) is 0 Å². The molecule has 0 aliphatic carbocycles. The number of hydrogen-bond donors (Lipinski definition) is 1. The van der Waals surface area contributed by atoms with Crippen LogP contribution in [0, 0.1) is 0 Å². The van der Waals surface area contributed by atoms with E-state index in [1.54, 1.807) is 4.90 Å². The zero-order chi connectivity index (χ0) is 13.9. The number of fused-ring (bicyclic) bond motifs is 1. The standard InChI is InChI=1S/C16H21NO3/c18-11-14-13-6-2-1-5-12(13)8-9-17(14)16(19)15-7-3-4-10-20-15/h1-2,5-6,14-15,18H,3-4,7-11H2. The molecular weight excluding hydrogens is 254 g/mol. The maximum absolute atomic E-state index is 12.6. The van der Waals surface area contributed by atoms with Crippen molar-refractivity contribution in [2.75, 3.05) is 19.8 Å². The lowest BCUT2D eigenvalue weighted by molar-refractivity contribution is -0.150. The molecule has 20 heavy (non-hydrogen) atoms. The fourth-order valence-electron chi connectivity index (χ4n) is 3.23. The van der Waals surface area contributed by atoms with E-state index in [2.05, 4.69) is 6.07 Å². The van der Waals surface area contributed by atoms with Gasteiger partial charge in [0.05, 0.1) is 12.6 Å². The Balaban J connectivity index is 1.81. The fraction of sp³-hybridized carbons (Fsp3) is 0.562. The van der Waals surface area contributed by atoms with Crippen LogP contribution in [-0.4, -0.2) is 41.8 Å². The van der Waals surface area contributed by atoms with E-state index in [4.69, 9.17) is 4.74 Å². The van der Waals surface area contributed by atoms with Gasteiger partial charge in [-0.25, -0.2) is 0 Å². The zero-order valence-electron chi connectivity index (χ0n) is 11.6. The van der Waals surface area contributed by atoms with Crippen molar-refractivity contribution >= 4 is 5.91 Å². The number of carbonyl (C=O) groups is 1. The maximum atomic E-state index is 12.6. The molecule has 0 aromatic heterocycles. The van der Waals surface area contributed by atoms with Crippen molar-refractivity contribution < 1.29 is 14.6 Å². The molecule has 2 unspecified atom stereocenters. The molecule has 0 bridgehead atoms. The zero-order valence-corrected chi connectivity index (χ0v) is 11.6. The Hall–Kier alpha value is -1.39. The lowest BCUT2D eigenvalue weighted by atomic mass is 9.92. The summed E-state index contributed by atoms with van der Waals surface area (Å²) >= 11 is 0. The molecule has 0 spiro atoms. The summed E-state index contributed by atoms with van der Waals surface area (Å²) in [6.07, 6.45) is 3.42. The smallest absolute Gasteiger partial charge is 0.252 e. The second-order valence-electron chi connectivity index (χ2n) is 5.53. The predicted molar refractivity (Wildman–Crippen MR) is 75.3 cm³/mol. The molecule has 1 aromatic carbocycles. The normalized spacial score (nSPS) is 26.1. The molecule has 1 N–H and O–H groups in total. The first-order valence-corrected chi connectivity index (χ1v) is 7.42. The maximum Gasteiger partial charge on any atom is 0.252 e. The monoisotopic (exact) mass is 275 g/mol. The molecule has 0 radical (unpaired) electrons. The van der Waals surface area contributed by atoms with E-state index < -0.39 is 0 Å². The van der Waals surface area contributed by atoms with Gasteiger partial charge in [-0.15, -0.1) is 0 Å². The molecule has 4 nitrogen and oxygen atoms in total. The van der Waals surface area contributed by atoms with Crippen LogP contribution < -0.4 is 0 Å². The van der Waals surface area contributed by atoms with Crippen molar-refractivity contribution in [3.63, 3.8) is 0 Å². The Morgan fingerprint density at radius 1 is 1.35 bits per heavy atom. The van der Waals surface area contributed by atoms with Crippen LogP contribution in [-0.2, 0) is 16.0 Å². The highest BCUT2D eigenvalue weighted by Gasteiger charge is 2.34. The van der Waals surface area contributed by atoms with Gasteiger partial charge in [0.1, 0.15) is 6.10 Å². The molecule has 1 saturated heterocycles. The van der Waals surface area contributed by atoms with Gasteiger partial charge in [0.2, 0.25) is 0 Å². The fourth-order valence-corrected chi connectivity index (χ4v) is 3.23. The van der Waals surface area contributed by atoms with Crippen LogP contribution in [0.1, 0.15) is 36.4 Å². The third-order valence-electron chi connectivity index (χ3n) is 4.32. The van der Waals surface area contributed by atoms with Crippen LogP contribution in [0.3, 0.4) is 0 Å². The van der Waals surface area contributed by atoms with Gasteiger partial charge in [-0.05, 0) is 36.8 Å². The van der Waals surface area contributed by atoms with Gasteiger partial charge in [-0.2, -0.15) is 0 Å². The number of carbonyl (C=O) groups excluding carboxylic acids is 1. The van der Waals surface area contributed by atoms with E-state index in [0.29, 0.717) is 13.2 Å². The molecule has 2 heterocycles. The lowest BCUT2D eigenvalue weighted by Gasteiger charge is -2.38. The van der Waals surface area contributed by atoms with Gasteiger partial charge in [-0.3, -0.25) is 4.79 Å². The average molecular weight is 275 g/mol. The number of nitrogens with zero attached hydrogens (tertiary/aromatic N) is 1. The van der Waals surface area contributed by atoms with Gasteiger partial charge in [-0.1, -0.05) is 24.3 Å². The van der Waals surface area contributed by atoms with Crippen molar-refractivity contribution in [2.45, 2.75) is 37.8 Å². The Morgan fingerprint density at radius 3 is 2.95 bits per heavy atom. The summed E-state index contributed by atoms with van der Waals surface area (Å²) in [6, 6.07) is 7.84. The lowest BCUT2D eigenvalue weighted by Crippen LogP contribution is -2.47. The average Bonchev–Trinajstić information content (AvgIpc) is 2.54. The number of rotatable bonds is 2. The predicted octanol–water partition coefficient (Wildman–Crippen LogP) is 1.67. The largest absolute Gasteiger partial charge is 0.394 e. The highest BCUT2D eigenvalue weighted by Crippen LogP contribution is 2.30. The molecule has 4 heteroatoms. The van der Waals surface area contributed by atoms with E-state index in [-0.39, 0.29) is 24.7 Å². The first-order chi connectivity index (χ1) is 9.81. The Morgan fingerprint density at radius 2 is 2.20 bits per heavy atom. The quantitative estimate of drug-likeness (QED) is 0.893. The summed E-state index contributed by atoms with van der Waals surface area (Å²) in [7, 11) is 0. The summed E-state index contributed by atoms with van der Waals surface area (Å²) in [5.41, 5.74) is 2.31. The SMILES string of the molecule is O=C(C1CCCCO1)N1CCc2ccccc2C1CO. The van der Waals surface area contributed by atoms with Crippen molar-refractivity contribution in [1.82, 2.24) is 4.90 Å². The molecule has 1 amide bonds. The van der Waals surface area contributed by atoms with E-state index in [1.807, 2.05) is 18.2 Å². The molecule has 3 rings (SSSR count). The van der Waals surface area contributed by atoms with Crippen molar-refractivity contribution in [3.05, 3.63) is 35.4 Å². The minimum Gasteiger partial charge on any atom is -0.394 e. The second kappa shape index (κ2) is 5.94. The molecule has 1 fully saturated rings. The summed E-state index contributed by atoms with van der Waals surface area (Å²) in [6.45, 7) is 1.31. The van der Waals surface area contributed by atoms with Gasteiger partial charge in [0.25, 0.3) is 5.91 Å². The first kappa shape index (κ1) is 13.6. The Bertz CT molecular complexity index is 482. The highest BCUT2D eigenvalue weighted by molar-refractivity contribution is 5.82. The topological polar surface area (TPSA) is 49.8 Å². The number of ether oxygens (including phenoxy) is 1. The second-order valence-corrected chi connectivity index (χ2v) is 5.53. The third-order valence-corrected chi connectivity index (χ3v) is 4.32. The third kappa shape index (κ3) is 2.45. The molecule has 2 atom stereocenters. The van der Waals surface area contributed by atoms with Crippen LogP contribution >= 0.6 is 0 Å². The van der Waals surface area contributed by atoms with E-state index in [1.165, 1.54) is 5.56 Å². The number of aliphatic hydroxyl groups excluding tert-OH is 1.